The summed E-state index contributed by atoms with van der Waals surface area (Å²) in [6, 6.07) is 2.83. The van der Waals surface area contributed by atoms with E-state index in [1.165, 1.54) is 30.6 Å². The quantitative estimate of drug-likeness (QED) is 0.876. The molecule has 0 bridgehead atoms. The summed E-state index contributed by atoms with van der Waals surface area (Å²) in [5, 5.41) is 15.6. The number of methoxy groups -OCH3 is 1. The second-order valence-electron chi connectivity index (χ2n) is 5.17. The number of thiazole rings is 1. The Morgan fingerprint density at radius 2 is 2.32 bits per heavy atom. The number of halogens is 1. The first-order valence-electron chi connectivity index (χ1n) is 6.87. The predicted octanol–water partition coefficient (Wildman–Crippen LogP) is 3.39. The van der Waals surface area contributed by atoms with Crippen LogP contribution >= 0.6 is 22.9 Å². The molecule has 1 fully saturated rings. The fourth-order valence-electron chi connectivity index (χ4n) is 2.28. The Morgan fingerprint density at radius 1 is 1.55 bits per heavy atom. The summed E-state index contributed by atoms with van der Waals surface area (Å²) in [4.78, 5) is 16.8. The van der Waals surface area contributed by atoms with Crippen molar-refractivity contribution in [2.45, 2.75) is 18.9 Å². The largest absolute Gasteiger partial charge is 0.503 e. The highest BCUT2D eigenvalue weighted by atomic mass is 35.5. The second kappa shape index (κ2) is 6.14. The van der Waals surface area contributed by atoms with Crippen molar-refractivity contribution in [1.82, 2.24) is 10.3 Å². The first kappa shape index (κ1) is 15.1. The minimum Gasteiger partial charge on any atom is -0.503 e. The van der Waals surface area contributed by atoms with E-state index in [0.29, 0.717) is 11.5 Å². The summed E-state index contributed by atoms with van der Waals surface area (Å²) in [7, 11) is 1.41. The summed E-state index contributed by atoms with van der Waals surface area (Å²) in [5.74, 6) is 0.186. The summed E-state index contributed by atoms with van der Waals surface area (Å²) in [6.45, 7) is 0. The molecular weight excluding hydrogens is 324 g/mol. The van der Waals surface area contributed by atoms with Gasteiger partial charge in [-0.2, -0.15) is 0 Å². The van der Waals surface area contributed by atoms with Gasteiger partial charge in [0, 0.05) is 17.1 Å². The molecule has 1 aliphatic carbocycles. The van der Waals surface area contributed by atoms with Crippen LogP contribution < -0.4 is 10.1 Å². The molecule has 7 heteroatoms. The van der Waals surface area contributed by atoms with Crippen LogP contribution in [0.2, 0.25) is 5.02 Å². The van der Waals surface area contributed by atoms with Crippen LogP contribution in [-0.4, -0.2) is 23.1 Å². The van der Waals surface area contributed by atoms with E-state index < -0.39 is 0 Å². The molecule has 0 spiro atoms. The number of carbonyl (C=O) groups excluding carboxylic acids is 1. The molecule has 0 radical (unpaired) electrons. The molecule has 1 aromatic heterocycles. The summed E-state index contributed by atoms with van der Waals surface area (Å²) >= 11 is 7.47. The zero-order chi connectivity index (χ0) is 15.7. The van der Waals surface area contributed by atoms with Crippen molar-refractivity contribution in [3.05, 3.63) is 39.3 Å². The van der Waals surface area contributed by atoms with Crippen LogP contribution in [0.15, 0.2) is 23.7 Å². The molecule has 1 aromatic carbocycles. The Kier molecular flexibility index (Phi) is 4.22. The van der Waals surface area contributed by atoms with Crippen molar-refractivity contribution >= 4 is 28.8 Å². The molecule has 2 aromatic rings. The maximum Gasteiger partial charge on any atom is 0.252 e. The van der Waals surface area contributed by atoms with Gasteiger partial charge in [-0.1, -0.05) is 11.6 Å². The van der Waals surface area contributed by atoms with Gasteiger partial charge < -0.3 is 15.2 Å². The maximum atomic E-state index is 12.5. The van der Waals surface area contributed by atoms with Gasteiger partial charge in [-0.05, 0) is 30.9 Å². The van der Waals surface area contributed by atoms with Crippen molar-refractivity contribution in [1.29, 1.82) is 0 Å². The van der Waals surface area contributed by atoms with E-state index in [-0.39, 0.29) is 28.5 Å². The van der Waals surface area contributed by atoms with Crippen LogP contribution in [0.5, 0.6) is 11.5 Å². The van der Waals surface area contributed by atoms with Gasteiger partial charge in [0.1, 0.15) is 5.01 Å². The SMILES string of the molecule is COc1cc(C(=O)N[C@@H](c2nccs2)C2CC2)cc(Cl)c1O. The van der Waals surface area contributed by atoms with Crippen LogP contribution in [0.4, 0.5) is 0 Å². The van der Waals surface area contributed by atoms with Gasteiger partial charge >= 0.3 is 0 Å². The lowest BCUT2D eigenvalue weighted by molar-refractivity contribution is 0.0931. The Hall–Kier alpha value is -1.79. The Balaban J connectivity index is 1.83. The van der Waals surface area contributed by atoms with Crippen LogP contribution in [0.1, 0.15) is 34.2 Å². The lowest BCUT2D eigenvalue weighted by Crippen LogP contribution is -2.29. The van der Waals surface area contributed by atoms with E-state index in [4.69, 9.17) is 16.3 Å². The fraction of sp³-hybridized carbons (Fsp3) is 0.333. The van der Waals surface area contributed by atoms with Gasteiger partial charge in [-0.15, -0.1) is 11.3 Å². The molecule has 1 aliphatic rings. The number of aromatic nitrogens is 1. The van der Waals surface area contributed by atoms with Gasteiger partial charge in [0.05, 0.1) is 18.2 Å². The monoisotopic (exact) mass is 338 g/mol. The third-order valence-electron chi connectivity index (χ3n) is 3.61. The Morgan fingerprint density at radius 3 is 2.91 bits per heavy atom. The van der Waals surface area contributed by atoms with Gasteiger partial charge in [-0.3, -0.25) is 4.79 Å². The number of carbonyl (C=O) groups is 1. The van der Waals surface area contributed by atoms with E-state index >= 15 is 0 Å². The highest BCUT2D eigenvalue weighted by Crippen LogP contribution is 2.42. The number of hydrogen-bond acceptors (Lipinski definition) is 5. The molecular formula is C15H15ClN2O3S. The van der Waals surface area contributed by atoms with E-state index in [9.17, 15) is 9.90 Å². The smallest absolute Gasteiger partial charge is 0.252 e. The molecule has 1 saturated carbocycles. The molecule has 5 nitrogen and oxygen atoms in total. The van der Waals surface area contributed by atoms with Crippen LogP contribution in [0.3, 0.4) is 0 Å². The average molecular weight is 339 g/mol. The fourth-order valence-corrected chi connectivity index (χ4v) is 3.28. The summed E-state index contributed by atoms with van der Waals surface area (Å²) < 4.78 is 5.03. The van der Waals surface area contributed by atoms with Crippen molar-refractivity contribution in [2.24, 2.45) is 5.92 Å². The lowest BCUT2D eigenvalue weighted by atomic mass is 10.1. The second-order valence-corrected chi connectivity index (χ2v) is 6.50. The van der Waals surface area contributed by atoms with E-state index in [2.05, 4.69) is 10.3 Å². The number of rotatable bonds is 5. The lowest BCUT2D eigenvalue weighted by Gasteiger charge is -2.16. The van der Waals surface area contributed by atoms with E-state index in [0.717, 1.165) is 17.8 Å². The number of phenols is 1. The number of amides is 1. The molecule has 1 atom stereocenters. The minimum absolute atomic E-state index is 0.0777. The average Bonchev–Trinajstić information content (AvgIpc) is 3.21. The van der Waals surface area contributed by atoms with Crippen LogP contribution in [-0.2, 0) is 0 Å². The third kappa shape index (κ3) is 3.03. The number of ether oxygens (including phenoxy) is 1. The summed E-state index contributed by atoms with van der Waals surface area (Å²) in [5.41, 5.74) is 0.349. The number of hydrogen-bond donors (Lipinski definition) is 2. The first-order valence-corrected chi connectivity index (χ1v) is 8.12. The zero-order valence-electron chi connectivity index (χ0n) is 11.9. The third-order valence-corrected chi connectivity index (χ3v) is 4.75. The van der Waals surface area contributed by atoms with Crippen molar-refractivity contribution < 1.29 is 14.6 Å². The minimum atomic E-state index is -0.257. The normalized spacial score (nSPS) is 15.4. The standard InChI is InChI=1S/C15H15ClN2O3S/c1-21-11-7-9(6-10(16)13(11)19)14(20)18-12(8-2-3-8)15-17-4-5-22-15/h4-8,12,19H,2-3H2,1H3,(H,18,20)/t12-/m1/s1. The van der Waals surface area contributed by atoms with Crippen molar-refractivity contribution in [3.63, 3.8) is 0 Å². The molecule has 3 rings (SSSR count). The van der Waals surface area contributed by atoms with Crippen LogP contribution in [0.25, 0.3) is 0 Å². The predicted molar refractivity (Wildman–Crippen MR) is 84.7 cm³/mol. The highest BCUT2D eigenvalue weighted by molar-refractivity contribution is 7.09. The van der Waals surface area contributed by atoms with Crippen molar-refractivity contribution in [3.8, 4) is 11.5 Å². The number of benzene rings is 1. The van der Waals surface area contributed by atoms with E-state index in [1.54, 1.807) is 6.20 Å². The molecule has 22 heavy (non-hydrogen) atoms. The van der Waals surface area contributed by atoms with Crippen molar-refractivity contribution in [2.75, 3.05) is 7.11 Å². The Bertz CT molecular complexity index is 686. The van der Waals surface area contributed by atoms with Gasteiger partial charge in [0.2, 0.25) is 0 Å². The van der Waals surface area contributed by atoms with Gasteiger partial charge in [-0.25, -0.2) is 4.98 Å². The molecule has 0 unspecified atom stereocenters. The molecule has 0 aliphatic heterocycles. The first-order chi connectivity index (χ1) is 10.6. The molecule has 2 N–H and O–H groups in total. The van der Waals surface area contributed by atoms with E-state index in [1.807, 2.05) is 5.38 Å². The topological polar surface area (TPSA) is 71.5 Å². The molecule has 1 amide bonds. The molecule has 1 heterocycles. The highest BCUT2D eigenvalue weighted by Gasteiger charge is 2.35. The number of nitrogens with zero attached hydrogens (tertiary/aromatic N) is 1. The molecule has 116 valence electrons. The number of phenolic OH excluding ortho intramolecular Hbond substituents is 1. The van der Waals surface area contributed by atoms with Gasteiger partial charge in [0.25, 0.3) is 5.91 Å². The summed E-state index contributed by atoms with van der Waals surface area (Å²) in [6.07, 6.45) is 3.91. The zero-order valence-corrected chi connectivity index (χ0v) is 13.4. The number of aromatic hydroxyl groups is 1. The number of nitrogens with one attached hydrogen (secondary N) is 1. The van der Waals surface area contributed by atoms with Gasteiger partial charge in [0.15, 0.2) is 11.5 Å². The Labute approximate surface area is 136 Å². The maximum absolute atomic E-state index is 12.5. The van der Waals surface area contributed by atoms with Crippen LogP contribution in [0, 0.1) is 5.92 Å². The molecule has 0 saturated heterocycles.